The van der Waals surface area contributed by atoms with Gasteiger partial charge in [0.1, 0.15) is 4.83 Å². The zero-order chi connectivity index (χ0) is 24.2. The zero-order valence-electron chi connectivity index (χ0n) is 19.3. The molecular formula is C25H25N5O2S2. The summed E-state index contributed by atoms with van der Waals surface area (Å²) in [5, 5.41) is 19.0. The summed E-state index contributed by atoms with van der Waals surface area (Å²) < 4.78 is 1.65. The second-order valence-electron chi connectivity index (χ2n) is 8.35. The molecule has 2 heterocycles. The maximum Gasteiger partial charge on any atom is 0.267 e. The molecule has 7 nitrogen and oxygen atoms in total. The van der Waals surface area contributed by atoms with Crippen LogP contribution in [-0.4, -0.2) is 39.2 Å². The number of nitrogens with zero attached hydrogens (tertiary/aromatic N) is 5. The van der Waals surface area contributed by atoms with Gasteiger partial charge in [0.15, 0.2) is 5.16 Å². The molecule has 174 valence electrons. The fourth-order valence-corrected chi connectivity index (χ4v) is 6.55. The second-order valence-corrected chi connectivity index (χ2v) is 10.4. The third-order valence-electron chi connectivity index (χ3n) is 5.97. The minimum atomic E-state index is -0.175. The van der Waals surface area contributed by atoms with E-state index < -0.39 is 0 Å². The predicted octanol–water partition coefficient (Wildman–Crippen LogP) is 4.30. The fourth-order valence-electron chi connectivity index (χ4n) is 4.34. The molecular weight excluding hydrogens is 466 g/mol. The van der Waals surface area contributed by atoms with Crippen molar-refractivity contribution in [3.05, 3.63) is 50.1 Å². The molecule has 0 bridgehead atoms. The van der Waals surface area contributed by atoms with Gasteiger partial charge in [-0.15, -0.1) is 11.3 Å². The standard InChI is InChI=1S/C25H25N5O2S2/c1-16-8-9-19(17(2)14-16)30-24(32)22-18-6-3-7-20(18)34-23(22)28-25(30)33-15-21(31)29(12-4-10-26)13-5-11-27/h8-9,14H,3-7,12-13,15H2,1-2H3. The first-order chi connectivity index (χ1) is 16.4. The van der Waals surface area contributed by atoms with Crippen LogP contribution in [0.5, 0.6) is 0 Å². The van der Waals surface area contributed by atoms with E-state index in [4.69, 9.17) is 15.5 Å². The molecule has 0 radical (unpaired) electrons. The van der Waals surface area contributed by atoms with E-state index in [0.717, 1.165) is 46.5 Å². The lowest BCUT2D eigenvalue weighted by Crippen LogP contribution is -2.34. The molecule has 0 aliphatic heterocycles. The van der Waals surface area contributed by atoms with Crippen LogP contribution in [0.4, 0.5) is 0 Å². The topological polar surface area (TPSA) is 103 Å². The average molecular weight is 492 g/mol. The number of benzene rings is 1. The van der Waals surface area contributed by atoms with Crippen molar-refractivity contribution in [2.24, 2.45) is 0 Å². The van der Waals surface area contributed by atoms with Gasteiger partial charge in [0.05, 0.1) is 41.8 Å². The van der Waals surface area contributed by atoms with Gasteiger partial charge in [-0.2, -0.15) is 10.5 Å². The number of fused-ring (bicyclic) bond motifs is 3. The highest BCUT2D eigenvalue weighted by Gasteiger charge is 2.25. The minimum Gasteiger partial charge on any atom is -0.340 e. The number of hydrogen-bond donors (Lipinski definition) is 0. The number of carbonyl (C=O) groups excluding carboxylic acids is 1. The molecule has 1 aliphatic rings. The number of aryl methyl sites for hydroxylation is 4. The Labute approximate surface area is 206 Å². The highest BCUT2D eigenvalue weighted by molar-refractivity contribution is 7.99. The molecule has 1 aliphatic carbocycles. The lowest BCUT2D eigenvalue weighted by molar-refractivity contribution is -0.128. The van der Waals surface area contributed by atoms with Gasteiger partial charge in [-0.25, -0.2) is 4.98 Å². The van der Waals surface area contributed by atoms with Gasteiger partial charge in [0.25, 0.3) is 5.56 Å². The van der Waals surface area contributed by atoms with E-state index in [0.29, 0.717) is 10.5 Å². The molecule has 4 rings (SSSR count). The van der Waals surface area contributed by atoms with E-state index in [-0.39, 0.29) is 43.2 Å². The quantitative estimate of drug-likeness (QED) is 0.344. The smallest absolute Gasteiger partial charge is 0.267 e. The molecule has 9 heteroatoms. The van der Waals surface area contributed by atoms with Crippen molar-refractivity contribution in [3.8, 4) is 17.8 Å². The molecule has 1 amide bonds. The van der Waals surface area contributed by atoms with Gasteiger partial charge in [-0.3, -0.25) is 14.2 Å². The highest BCUT2D eigenvalue weighted by atomic mass is 32.2. The Morgan fingerprint density at radius 2 is 1.94 bits per heavy atom. The van der Waals surface area contributed by atoms with Crippen LogP contribution in [0.2, 0.25) is 0 Å². The van der Waals surface area contributed by atoms with Gasteiger partial charge in [-0.1, -0.05) is 29.5 Å². The Balaban J connectivity index is 1.74. The number of rotatable bonds is 8. The van der Waals surface area contributed by atoms with Gasteiger partial charge >= 0.3 is 0 Å². The van der Waals surface area contributed by atoms with Crippen molar-refractivity contribution in [2.45, 2.75) is 51.1 Å². The fraction of sp³-hybridized carbons (Fsp3) is 0.400. The number of amides is 1. The first kappa shape index (κ1) is 24.0. The third kappa shape index (κ3) is 4.72. The molecule has 2 aromatic heterocycles. The summed E-state index contributed by atoms with van der Waals surface area (Å²) in [6.07, 6.45) is 3.36. The molecule has 34 heavy (non-hydrogen) atoms. The maximum absolute atomic E-state index is 13.8. The van der Waals surface area contributed by atoms with Crippen LogP contribution in [0.15, 0.2) is 28.2 Å². The Morgan fingerprint density at radius 1 is 1.21 bits per heavy atom. The lowest BCUT2D eigenvalue weighted by atomic mass is 10.1. The van der Waals surface area contributed by atoms with E-state index in [9.17, 15) is 9.59 Å². The van der Waals surface area contributed by atoms with Gasteiger partial charge in [-0.05, 0) is 50.3 Å². The molecule has 0 spiro atoms. The Bertz CT molecular complexity index is 1380. The summed E-state index contributed by atoms with van der Waals surface area (Å²) in [7, 11) is 0. The largest absolute Gasteiger partial charge is 0.340 e. The van der Waals surface area contributed by atoms with Crippen molar-refractivity contribution >= 4 is 39.2 Å². The predicted molar refractivity (Wildman–Crippen MR) is 134 cm³/mol. The van der Waals surface area contributed by atoms with Crippen molar-refractivity contribution in [3.63, 3.8) is 0 Å². The first-order valence-corrected chi connectivity index (χ1v) is 13.0. The van der Waals surface area contributed by atoms with Crippen LogP contribution in [0.3, 0.4) is 0 Å². The molecule has 3 aromatic rings. The van der Waals surface area contributed by atoms with Crippen LogP contribution in [0.25, 0.3) is 15.9 Å². The van der Waals surface area contributed by atoms with Crippen LogP contribution in [-0.2, 0) is 17.6 Å². The molecule has 0 unspecified atom stereocenters. The summed E-state index contributed by atoms with van der Waals surface area (Å²) in [5.41, 5.74) is 3.88. The monoisotopic (exact) mass is 491 g/mol. The van der Waals surface area contributed by atoms with Crippen LogP contribution in [0, 0.1) is 36.5 Å². The zero-order valence-corrected chi connectivity index (χ0v) is 20.9. The van der Waals surface area contributed by atoms with Crippen molar-refractivity contribution in [2.75, 3.05) is 18.8 Å². The molecule has 0 fully saturated rings. The number of carbonyl (C=O) groups is 1. The van der Waals surface area contributed by atoms with Crippen molar-refractivity contribution in [1.82, 2.24) is 14.5 Å². The molecule has 0 atom stereocenters. The third-order valence-corrected chi connectivity index (χ3v) is 8.07. The van der Waals surface area contributed by atoms with E-state index in [1.54, 1.807) is 15.9 Å². The van der Waals surface area contributed by atoms with Crippen LogP contribution < -0.4 is 5.56 Å². The van der Waals surface area contributed by atoms with E-state index in [1.807, 2.05) is 32.0 Å². The van der Waals surface area contributed by atoms with Gasteiger partial charge in [0.2, 0.25) is 5.91 Å². The van der Waals surface area contributed by atoms with Crippen molar-refractivity contribution < 1.29 is 4.79 Å². The number of aromatic nitrogens is 2. The average Bonchev–Trinajstić information content (AvgIpc) is 3.39. The number of hydrogen-bond acceptors (Lipinski definition) is 7. The number of thioether (sulfide) groups is 1. The SMILES string of the molecule is Cc1ccc(-n2c(SCC(=O)N(CCC#N)CCC#N)nc3sc4c(c3c2=O)CCC4)c(C)c1. The highest BCUT2D eigenvalue weighted by Crippen LogP contribution is 2.36. The normalized spacial score (nSPS) is 12.4. The Morgan fingerprint density at radius 3 is 2.62 bits per heavy atom. The van der Waals surface area contributed by atoms with E-state index >= 15 is 0 Å². The molecule has 0 N–H and O–H groups in total. The molecule has 1 aromatic carbocycles. The summed E-state index contributed by atoms with van der Waals surface area (Å²) in [6, 6.07) is 10.0. The Hall–Kier alpha value is -3.14. The summed E-state index contributed by atoms with van der Waals surface area (Å²) in [4.78, 5) is 35.1. The molecule has 0 saturated carbocycles. The van der Waals surface area contributed by atoms with Crippen molar-refractivity contribution in [1.29, 1.82) is 10.5 Å². The van der Waals surface area contributed by atoms with Crippen LogP contribution in [0.1, 0.15) is 40.8 Å². The summed E-state index contributed by atoms with van der Waals surface area (Å²) in [6.45, 7) is 4.55. The molecule has 0 saturated heterocycles. The summed E-state index contributed by atoms with van der Waals surface area (Å²) in [5.74, 6) is -0.101. The van der Waals surface area contributed by atoms with Gasteiger partial charge < -0.3 is 4.90 Å². The number of nitriles is 2. The Kier molecular flexibility index (Phi) is 7.35. The van der Waals surface area contributed by atoms with Gasteiger partial charge in [0, 0.05) is 18.0 Å². The van der Waals surface area contributed by atoms with Crippen LogP contribution >= 0.6 is 23.1 Å². The van der Waals surface area contributed by atoms with E-state index in [2.05, 4.69) is 12.1 Å². The minimum absolute atomic E-state index is 0.0742. The lowest BCUT2D eigenvalue weighted by Gasteiger charge is -2.20. The first-order valence-electron chi connectivity index (χ1n) is 11.2. The summed E-state index contributed by atoms with van der Waals surface area (Å²) >= 11 is 2.81. The number of thiophene rings is 1. The second kappa shape index (κ2) is 10.4. The maximum atomic E-state index is 13.8. The van der Waals surface area contributed by atoms with E-state index in [1.165, 1.54) is 21.5 Å².